The molecule has 0 aliphatic rings. The number of allylic oxidation sites excluding steroid dienone is 1. The number of carbonyl (C=O) groups excluding carboxylic acids is 1. The van der Waals surface area contributed by atoms with Crippen LogP contribution in [0.25, 0.3) is 0 Å². The first-order chi connectivity index (χ1) is 6.22. The Kier molecular flexibility index (Phi) is 3.26. The number of aryl methyl sites for hydroxylation is 1. The molecule has 1 rings (SSSR count). The second-order valence-corrected chi connectivity index (χ2v) is 2.73. The zero-order valence-corrected chi connectivity index (χ0v) is 7.78. The first-order valence-electron chi connectivity index (χ1n) is 4.13. The van der Waals surface area contributed by atoms with Gasteiger partial charge in [-0.2, -0.15) is 0 Å². The summed E-state index contributed by atoms with van der Waals surface area (Å²) in [4.78, 5) is 11.0. The van der Waals surface area contributed by atoms with E-state index in [1.807, 2.05) is 19.1 Å². The van der Waals surface area contributed by atoms with E-state index in [1.54, 1.807) is 25.1 Å². The third-order valence-electron chi connectivity index (χ3n) is 1.54. The first-order valence-corrected chi connectivity index (χ1v) is 4.13. The van der Waals surface area contributed by atoms with Gasteiger partial charge in [-0.05, 0) is 26.0 Å². The molecule has 13 heavy (non-hydrogen) atoms. The number of esters is 1. The third-order valence-corrected chi connectivity index (χ3v) is 1.54. The van der Waals surface area contributed by atoms with Crippen molar-refractivity contribution < 1.29 is 9.53 Å². The van der Waals surface area contributed by atoms with Crippen molar-refractivity contribution in [3.63, 3.8) is 0 Å². The number of carbonyl (C=O) groups is 1. The average Bonchev–Trinajstić information content (AvgIpc) is 2.09. The molecule has 1 aromatic carbocycles. The van der Waals surface area contributed by atoms with Crippen LogP contribution in [-0.2, 0) is 4.79 Å². The maximum Gasteiger partial charge on any atom is 0.335 e. The Hall–Kier alpha value is -1.57. The van der Waals surface area contributed by atoms with Crippen molar-refractivity contribution in [2.45, 2.75) is 13.8 Å². The van der Waals surface area contributed by atoms with E-state index in [-0.39, 0.29) is 5.97 Å². The summed E-state index contributed by atoms with van der Waals surface area (Å²) in [6, 6.07) is 7.35. The normalized spacial score (nSPS) is 10.3. The Balaban J connectivity index is 2.64. The Morgan fingerprint density at radius 3 is 2.46 bits per heavy atom. The molecular weight excluding hydrogens is 164 g/mol. The monoisotopic (exact) mass is 176 g/mol. The molecule has 0 N–H and O–H groups in total. The summed E-state index contributed by atoms with van der Waals surface area (Å²) in [6.07, 6.45) is 3.04. The summed E-state index contributed by atoms with van der Waals surface area (Å²) < 4.78 is 4.98. The van der Waals surface area contributed by atoms with E-state index in [0.29, 0.717) is 5.75 Å². The van der Waals surface area contributed by atoms with Gasteiger partial charge in [0.15, 0.2) is 0 Å². The number of ether oxygens (including phenoxy) is 1. The van der Waals surface area contributed by atoms with E-state index in [4.69, 9.17) is 4.74 Å². The lowest BCUT2D eigenvalue weighted by Gasteiger charge is -2.00. The van der Waals surface area contributed by atoms with Crippen LogP contribution in [0.3, 0.4) is 0 Å². The Labute approximate surface area is 77.8 Å². The quantitative estimate of drug-likeness (QED) is 0.393. The fourth-order valence-corrected chi connectivity index (χ4v) is 0.893. The molecule has 2 heteroatoms. The molecule has 0 saturated heterocycles. The lowest BCUT2D eigenvalue weighted by atomic mass is 10.2. The van der Waals surface area contributed by atoms with Crippen molar-refractivity contribution in [1.82, 2.24) is 0 Å². The maximum absolute atomic E-state index is 11.0. The van der Waals surface area contributed by atoms with Crippen LogP contribution < -0.4 is 4.74 Å². The smallest absolute Gasteiger partial charge is 0.335 e. The van der Waals surface area contributed by atoms with Crippen LogP contribution >= 0.6 is 0 Å². The van der Waals surface area contributed by atoms with Gasteiger partial charge in [-0.15, -0.1) is 0 Å². The SMILES string of the molecule is C/C=C/C(=O)Oc1ccc(C)cc1. The highest BCUT2D eigenvalue weighted by atomic mass is 16.5. The molecule has 0 fully saturated rings. The topological polar surface area (TPSA) is 26.3 Å². The van der Waals surface area contributed by atoms with Gasteiger partial charge in [0.2, 0.25) is 0 Å². The van der Waals surface area contributed by atoms with Crippen molar-refractivity contribution in [3.8, 4) is 5.75 Å². The molecule has 0 atom stereocenters. The Morgan fingerprint density at radius 1 is 1.31 bits per heavy atom. The number of hydrogen-bond acceptors (Lipinski definition) is 2. The zero-order valence-electron chi connectivity index (χ0n) is 7.78. The van der Waals surface area contributed by atoms with Crippen LogP contribution in [0.1, 0.15) is 12.5 Å². The van der Waals surface area contributed by atoms with Crippen LogP contribution in [0, 0.1) is 6.92 Å². The Bertz CT molecular complexity index is 309. The molecule has 0 saturated carbocycles. The molecule has 68 valence electrons. The standard InChI is InChI=1S/C11H12O2/c1-3-4-11(12)13-10-7-5-9(2)6-8-10/h3-8H,1-2H3/b4-3+. The van der Waals surface area contributed by atoms with E-state index in [1.165, 1.54) is 6.08 Å². The van der Waals surface area contributed by atoms with Crippen LogP contribution in [0.5, 0.6) is 5.75 Å². The molecule has 0 heterocycles. The highest BCUT2D eigenvalue weighted by molar-refractivity contribution is 5.83. The molecular formula is C11H12O2. The van der Waals surface area contributed by atoms with E-state index < -0.39 is 0 Å². The van der Waals surface area contributed by atoms with Crippen LogP contribution in [0.4, 0.5) is 0 Å². The van der Waals surface area contributed by atoms with Gasteiger partial charge in [0.25, 0.3) is 0 Å². The van der Waals surface area contributed by atoms with Gasteiger partial charge in [-0.3, -0.25) is 0 Å². The van der Waals surface area contributed by atoms with Crippen LogP contribution in [0.15, 0.2) is 36.4 Å². The van der Waals surface area contributed by atoms with Crippen LogP contribution in [-0.4, -0.2) is 5.97 Å². The number of benzene rings is 1. The minimum Gasteiger partial charge on any atom is -0.423 e. The van der Waals surface area contributed by atoms with Crippen molar-refractivity contribution in [2.75, 3.05) is 0 Å². The molecule has 2 nitrogen and oxygen atoms in total. The summed E-state index contributed by atoms with van der Waals surface area (Å²) in [7, 11) is 0. The zero-order chi connectivity index (χ0) is 9.68. The largest absolute Gasteiger partial charge is 0.423 e. The lowest BCUT2D eigenvalue weighted by molar-refractivity contribution is -0.129. The van der Waals surface area contributed by atoms with Gasteiger partial charge >= 0.3 is 5.97 Å². The second-order valence-electron chi connectivity index (χ2n) is 2.73. The molecule has 0 aromatic heterocycles. The fraction of sp³-hybridized carbons (Fsp3) is 0.182. The summed E-state index contributed by atoms with van der Waals surface area (Å²) >= 11 is 0. The molecule has 0 spiro atoms. The van der Waals surface area contributed by atoms with Crippen molar-refractivity contribution in [2.24, 2.45) is 0 Å². The molecule has 0 bridgehead atoms. The summed E-state index contributed by atoms with van der Waals surface area (Å²) in [5.74, 6) is 0.236. The minimum absolute atomic E-state index is 0.341. The maximum atomic E-state index is 11.0. The number of hydrogen-bond donors (Lipinski definition) is 0. The lowest BCUT2D eigenvalue weighted by Crippen LogP contribution is -2.03. The third kappa shape index (κ3) is 3.11. The highest BCUT2D eigenvalue weighted by Gasteiger charge is 1.97. The van der Waals surface area contributed by atoms with E-state index in [2.05, 4.69) is 0 Å². The van der Waals surface area contributed by atoms with Crippen LogP contribution in [0.2, 0.25) is 0 Å². The molecule has 1 aromatic rings. The van der Waals surface area contributed by atoms with Gasteiger partial charge < -0.3 is 4.74 Å². The van der Waals surface area contributed by atoms with Gasteiger partial charge in [0.05, 0.1) is 0 Å². The first kappa shape index (κ1) is 9.52. The van der Waals surface area contributed by atoms with Gasteiger partial charge in [-0.1, -0.05) is 23.8 Å². The summed E-state index contributed by atoms with van der Waals surface area (Å²) in [5.41, 5.74) is 1.14. The average molecular weight is 176 g/mol. The van der Waals surface area contributed by atoms with Crippen molar-refractivity contribution >= 4 is 5.97 Å². The predicted molar refractivity (Wildman–Crippen MR) is 51.6 cm³/mol. The van der Waals surface area contributed by atoms with Gasteiger partial charge in [0.1, 0.15) is 5.75 Å². The van der Waals surface area contributed by atoms with E-state index in [0.717, 1.165) is 5.56 Å². The Morgan fingerprint density at radius 2 is 1.92 bits per heavy atom. The van der Waals surface area contributed by atoms with Crippen molar-refractivity contribution in [3.05, 3.63) is 42.0 Å². The second kappa shape index (κ2) is 4.45. The molecule has 0 unspecified atom stereocenters. The summed E-state index contributed by atoms with van der Waals surface area (Å²) in [6.45, 7) is 3.76. The summed E-state index contributed by atoms with van der Waals surface area (Å²) in [5, 5.41) is 0. The van der Waals surface area contributed by atoms with E-state index >= 15 is 0 Å². The molecule has 0 aliphatic carbocycles. The van der Waals surface area contributed by atoms with Gasteiger partial charge in [0, 0.05) is 6.08 Å². The molecule has 0 amide bonds. The van der Waals surface area contributed by atoms with Gasteiger partial charge in [-0.25, -0.2) is 4.79 Å². The highest BCUT2D eigenvalue weighted by Crippen LogP contribution is 2.11. The fourth-order valence-electron chi connectivity index (χ4n) is 0.893. The van der Waals surface area contributed by atoms with E-state index in [9.17, 15) is 4.79 Å². The van der Waals surface area contributed by atoms with Crippen molar-refractivity contribution in [1.29, 1.82) is 0 Å². The molecule has 0 radical (unpaired) electrons. The number of rotatable bonds is 2. The molecule has 0 aliphatic heterocycles. The predicted octanol–water partition coefficient (Wildman–Crippen LogP) is 2.48. The minimum atomic E-state index is -0.341.